The van der Waals surface area contributed by atoms with Crippen LogP contribution in [0.3, 0.4) is 0 Å². The minimum atomic E-state index is -0.721. The summed E-state index contributed by atoms with van der Waals surface area (Å²) in [5, 5.41) is 13.6. The minimum absolute atomic E-state index is 0.314. The van der Waals surface area contributed by atoms with E-state index in [0.717, 1.165) is 31.5 Å². The third-order valence-electron chi connectivity index (χ3n) is 3.35. The van der Waals surface area contributed by atoms with Crippen molar-refractivity contribution in [2.45, 2.75) is 25.4 Å². The lowest BCUT2D eigenvalue weighted by Gasteiger charge is -2.32. The van der Waals surface area contributed by atoms with Crippen molar-refractivity contribution in [1.29, 1.82) is 0 Å². The standard InChI is InChI=1S/C14H21NO3/c1-11-3-4-12(13(9-11)17-2)18-10-14(16)5-7-15-8-6-14/h3-4,9,15-16H,5-8,10H2,1-2H3. The molecule has 2 N–H and O–H groups in total. The average Bonchev–Trinajstić information content (AvgIpc) is 2.38. The second-order valence-electron chi connectivity index (χ2n) is 4.92. The van der Waals surface area contributed by atoms with Crippen molar-refractivity contribution in [1.82, 2.24) is 5.32 Å². The molecule has 0 bridgehead atoms. The highest BCUT2D eigenvalue weighted by atomic mass is 16.5. The molecule has 1 saturated heterocycles. The van der Waals surface area contributed by atoms with E-state index in [9.17, 15) is 5.11 Å². The number of rotatable bonds is 4. The van der Waals surface area contributed by atoms with Gasteiger partial charge >= 0.3 is 0 Å². The van der Waals surface area contributed by atoms with Crippen LogP contribution in [0.5, 0.6) is 11.5 Å². The fourth-order valence-corrected chi connectivity index (χ4v) is 2.14. The van der Waals surface area contributed by atoms with Crippen LogP contribution in [0.25, 0.3) is 0 Å². The lowest BCUT2D eigenvalue weighted by Crippen LogP contribution is -2.46. The molecule has 0 aliphatic carbocycles. The molecule has 0 spiro atoms. The summed E-state index contributed by atoms with van der Waals surface area (Å²) in [6.45, 7) is 4.00. The quantitative estimate of drug-likeness (QED) is 0.851. The topological polar surface area (TPSA) is 50.7 Å². The van der Waals surface area contributed by atoms with E-state index in [1.165, 1.54) is 0 Å². The molecule has 100 valence electrons. The highest BCUT2D eigenvalue weighted by molar-refractivity contribution is 5.42. The van der Waals surface area contributed by atoms with Crippen molar-refractivity contribution in [3.8, 4) is 11.5 Å². The van der Waals surface area contributed by atoms with Gasteiger partial charge in [0.15, 0.2) is 11.5 Å². The Morgan fingerprint density at radius 3 is 2.67 bits per heavy atom. The zero-order valence-electron chi connectivity index (χ0n) is 11.0. The number of aryl methyl sites for hydroxylation is 1. The molecule has 1 heterocycles. The molecule has 4 heteroatoms. The predicted molar refractivity (Wildman–Crippen MR) is 70.3 cm³/mol. The van der Waals surface area contributed by atoms with Crippen molar-refractivity contribution in [2.75, 3.05) is 26.8 Å². The number of methoxy groups -OCH3 is 1. The van der Waals surface area contributed by atoms with E-state index in [2.05, 4.69) is 5.32 Å². The molecule has 4 nitrogen and oxygen atoms in total. The fourth-order valence-electron chi connectivity index (χ4n) is 2.14. The summed E-state index contributed by atoms with van der Waals surface area (Å²) in [6, 6.07) is 5.80. The van der Waals surface area contributed by atoms with Gasteiger partial charge < -0.3 is 19.9 Å². The van der Waals surface area contributed by atoms with E-state index in [-0.39, 0.29) is 0 Å². The molecule has 1 aromatic rings. The van der Waals surface area contributed by atoms with E-state index in [0.29, 0.717) is 18.1 Å². The van der Waals surface area contributed by atoms with Crippen LogP contribution in [0.1, 0.15) is 18.4 Å². The predicted octanol–water partition coefficient (Wildman–Crippen LogP) is 1.50. The van der Waals surface area contributed by atoms with Gasteiger partial charge in [0.25, 0.3) is 0 Å². The van der Waals surface area contributed by atoms with Crippen LogP contribution >= 0.6 is 0 Å². The molecule has 1 aromatic carbocycles. The molecule has 1 fully saturated rings. The van der Waals surface area contributed by atoms with E-state index in [4.69, 9.17) is 9.47 Å². The van der Waals surface area contributed by atoms with Gasteiger partial charge in [-0.05, 0) is 50.6 Å². The maximum absolute atomic E-state index is 10.3. The first kappa shape index (κ1) is 13.2. The van der Waals surface area contributed by atoms with Crippen molar-refractivity contribution in [3.05, 3.63) is 23.8 Å². The number of benzene rings is 1. The fraction of sp³-hybridized carbons (Fsp3) is 0.571. The van der Waals surface area contributed by atoms with Crippen molar-refractivity contribution >= 4 is 0 Å². The normalized spacial score (nSPS) is 18.4. The van der Waals surface area contributed by atoms with Gasteiger partial charge in [-0.2, -0.15) is 0 Å². The van der Waals surface area contributed by atoms with Gasteiger partial charge in [0.2, 0.25) is 0 Å². The third-order valence-corrected chi connectivity index (χ3v) is 3.35. The van der Waals surface area contributed by atoms with E-state index >= 15 is 0 Å². The Bertz CT molecular complexity index is 400. The number of aliphatic hydroxyl groups is 1. The molecule has 18 heavy (non-hydrogen) atoms. The van der Waals surface area contributed by atoms with Gasteiger partial charge in [0.05, 0.1) is 7.11 Å². The SMILES string of the molecule is COc1cc(C)ccc1OCC1(O)CCNCC1. The van der Waals surface area contributed by atoms with Crippen LogP contribution in [0, 0.1) is 6.92 Å². The Balaban J connectivity index is 2.01. The molecule has 1 aliphatic heterocycles. The number of nitrogens with one attached hydrogen (secondary N) is 1. The molecule has 0 aromatic heterocycles. The maximum Gasteiger partial charge on any atom is 0.161 e. The minimum Gasteiger partial charge on any atom is -0.493 e. The first-order valence-electron chi connectivity index (χ1n) is 6.33. The summed E-state index contributed by atoms with van der Waals surface area (Å²) in [4.78, 5) is 0. The molecular formula is C14H21NO3. The van der Waals surface area contributed by atoms with Gasteiger partial charge in [0.1, 0.15) is 12.2 Å². The zero-order valence-corrected chi connectivity index (χ0v) is 11.0. The van der Waals surface area contributed by atoms with Crippen LogP contribution in [0.4, 0.5) is 0 Å². The highest BCUT2D eigenvalue weighted by Crippen LogP contribution is 2.29. The summed E-state index contributed by atoms with van der Waals surface area (Å²) in [7, 11) is 1.63. The van der Waals surface area contributed by atoms with Crippen LogP contribution < -0.4 is 14.8 Å². The number of hydrogen-bond acceptors (Lipinski definition) is 4. The van der Waals surface area contributed by atoms with E-state index < -0.39 is 5.60 Å². The summed E-state index contributed by atoms with van der Waals surface area (Å²) in [6.07, 6.45) is 1.45. The monoisotopic (exact) mass is 251 g/mol. The molecule has 0 amide bonds. The van der Waals surface area contributed by atoms with Crippen LogP contribution in [-0.4, -0.2) is 37.5 Å². The summed E-state index contributed by atoms with van der Waals surface area (Å²) in [5.74, 6) is 1.41. The average molecular weight is 251 g/mol. The lowest BCUT2D eigenvalue weighted by atomic mass is 9.93. The number of ether oxygens (including phenoxy) is 2. The molecule has 0 radical (unpaired) electrons. The molecule has 0 unspecified atom stereocenters. The molecule has 0 saturated carbocycles. The van der Waals surface area contributed by atoms with Crippen molar-refractivity contribution < 1.29 is 14.6 Å². The number of hydrogen-bond donors (Lipinski definition) is 2. The van der Waals surface area contributed by atoms with Crippen LogP contribution in [-0.2, 0) is 0 Å². The number of piperidine rings is 1. The van der Waals surface area contributed by atoms with Gasteiger partial charge in [0, 0.05) is 0 Å². The van der Waals surface area contributed by atoms with Gasteiger partial charge in [-0.25, -0.2) is 0 Å². The van der Waals surface area contributed by atoms with Crippen molar-refractivity contribution in [2.24, 2.45) is 0 Å². The maximum atomic E-state index is 10.3. The molecule has 0 atom stereocenters. The molecule has 1 aliphatic rings. The highest BCUT2D eigenvalue weighted by Gasteiger charge is 2.30. The first-order valence-corrected chi connectivity index (χ1v) is 6.33. The summed E-state index contributed by atoms with van der Waals surface area (Å²) in [5.41, 5.74) is 0.404. The smallest absolute Gasteiger partial charge is 0.161 e. The summed E-state index contributed by atoms with van der Waals surface area (Å²) < 4.78 is 11.0. The van der Waals surface area contributed by atoms with Crippen LogP contribution in [0.2, 0.25) is 0 Å². The zero-order chi connectivity index (χ0) is 13.0. The Morgan fingerprint density at radius 1 is 1.28 bits per heavy atom. The lowest BCUT2D eigenvalue weighted by molar-refractivity contribution is -0.0290. The third kappa shape index (κ3) is 3.15. The van der Waals surface area contributed by atoms with E-state index in [1.54, 1.807) is 7.11 Å². The Morgan fingerprint density at radius 2 is 2.00 bits per heavy atom. The second kappa shape index (κ2) is 5.59. The van der Waals surface area contributed by atoms with Crippen molar-refractivity contribution in [3.63, 3.8) is 0 Å². The van der Waals surface area contributed by atoms with Gasteiger partial charge in [-0.1, -0.05) is 6.07 Å². The first-order chi connectivity index (χ1) is 8.63. The van der Waals surface area contributed by atoms with Gasteiger partial charge in [-0.15, -0.1) is 0 Å². The Labute approximate surface area is 108 Å². The summed E-state index contributed by atoms with van der Waals surface area (Å²) >= 11 is 0. The van der Waals surface area contributed by atoms with Crippen LogP contribution in [0.15, 0.2) is 18.2 Å². The van der Waals surface area contributed by atoms with Gasteiger partial charge in [-0.3, -0.25) is 0 Å². The second-order valence-corrected chi connectivity index (χ2v) is 4.92. The largest absolute Gasteiger partial charge is 0.493 e. The van der Waals surface area contributed by atoms with E-state index in [1.807, 2.05) is 25.1 Å². The Kier molecular flexibility index (Phi) is 4.09. The Hall–Kier alpha value is -1.26. The molecule has 2 rings (SSSR count). The molecular weight excluding hydrogens is 230 g/mol.